The van der Waals surface area contributed by atoms with Gasteiger partial charge in [0.25, 0.3) is 0 Å². The minimum absolute atomic E-state index is 0.367. The summed E-state index contributed by atoms with van der Waals surface area (Å²) in [7, 11) is 0. The number of pyridine rings is 1. The second-order valence-corrected chi connectivity index (χ2v) is 6.19. The van der Waals surface area contributed by atoms with Gasteiger partial charge in [-0.05, 0) is 11.6 Å². The molecule has 106 valence electrons. The third-order valence-electron chi connectivity index (χ3n) is 2.94. The highest BCUT2D eigenvalue weighted by atomic mass is 35.5. The van der Waals surface area contributed by atoms with Crippen molar-refractivity contribution in [1.29, 1.82) is 0 Å². The number of halogens is 2. The number of nitrogens with zero attached hydrogens (tertiary/aromatic N) is 2. The molecule has 2 aromatic heterocycles. The lowest BCUT2D eigenvalue weighted by atomic mass is 10.1. The Morgan fingerprint density at radius 1 is 1.14 bits per heavy atom. The van der Waals surface area contributed by atoms with Crippen LogP contribution in [0.15, 0.2) is 42.6 Å². The van der Waals surface area contributed by atoms with E-state index in [1.54, 1.807) is 12.3 Å². The summed E-state index contributed by atoms with van der Waals surface area (Å²) in [5, 5.41) is 1.73. The van der Waals surface area contributed by atoms with Crippen molar-refractivity contribution >= 4 is 34.5 Å². The van der Waals surface area contributed by atoms with E-state index in [1.165, 1.54) is 11.3 Å². The first-order valence-corrected chi connectivity index (χ1v) is 7.83. The molecule has 0 aliphatic heterocycles. The minimum Gasteiger partial charge on any atom is -0.325 e. The number of nitrogens with two attached hydrogens (primary N) is 1. The summed E-state index contributed by atoms with van der Waals surface area (Å²) >= 11 is 13.6. The zero-order valence-electron chi connectivity index (χ0n) is 10.9. The van der Waals surface area contributed by atoms with Gasteiger partial charge in [-0.1, -0.05) is 53.5 Å². The van der Waals surface area contributed by atoms with E-state index in [0.717, 1.165) is 21.1 Å². The topological polar surface area (TPSA) is 51.8 Å². The highest BCUT2D eigenvalue weighted by Crippen LogP contribution is 2.37. The molecular weight excluding hydrogens is 325 g/mol. The zero-order valence-corrected chi connectivity index (χ0v) is 13.2. The lowest BCUT2D eigenvalue weighted by Crippen LogP contribution is -1.98. The molecule has 3 nitrogen and oxygen atoms in total. The number of hydrogen-bond donors (Lipinski definition) is 1. The van der Waals surface area contributed by atoms with Gasteiger partial charge >= 0.3 is 0 Å². The lowest BCUT2D eigenvalue weighted by Gasteiger charge is -1.99. The van der Waals surface area contributed by atoms with E-state index < -0.39 is 0 Å². The van der Waals surface area contributed by atoms with Gasteiger partial charge in [0.2, 0.25) is 0 Å². The summed E-state index contributed by atoms with van der Waals surface area (Å²) in [6.07, 6.45) is 1.56. The molecule has 3 rings (SSSR count). The fourth-order valence-electron chi connectivity index (χ4n) is 1.98. The molecule has 2 heterocycles. The summed E-state index contributed by atoms with van der Waals surface area (Å²) in [5.41, 5.74) is 8.37. The second-order valence-electron chi connectivity index (χ2n) is 4.35. The Balaban J connectivity index is 2.12. The Bertz CT molecular complexity index is 772. The summed E-state index contributed by atoms with van der Waals surface area (Å²) in [6.45, 7) is 0.367. The Kier molecular flexibility index (Phi) is 4.22. The third kappa shape index (κ3) is 2.94. The number of thiazole rings is 1. The molecule has 0 unspecified atom stereocenters. The van der Waals surface area contributed by atoms with Gasteiger partial charge < -0.3 is 5.73 Å². The summed E-state index contributed by atoms with van der Waals surface area (Å²) in [6, 6.07) is 11.7. The standard InChI is InChI=1S/C15H11Cl2N3S/c16-10-6-11(17)13(19-8-10)15-20-12(7-18)14(21-15)9-4-2-1-3-5-9/h1-6,8H,7,18H2. The SMILES string of the molecule is NCc1nc(-c2ncc(Cl)cc2Cl)sc1-c1ccccc1. The maximum Gasteiger partial charge on any atom is 0.144 e. The molecule has 0 aliphatic rings. The van der Waals surface area contributed by atoms with E-state index in [-0.39, 0.29) is 0 Å². The fourth-order valence-corrected chi connectivity index (χ4v) is 3.61. The predicted octanol–water partition coefficient (Wildman–Crippen LogP) is 4.64. The monoisotopic (exact) mass is 335 g/mol. The highest BCUT2D eigenvalue weighted by Gasteiger charge is 2.16. The normalized spacial score (nSPS) is 10.8. The van der Waals surface area contributed by atoms with Gasteiger partial charge in [0.15, 0.2) is 0 Å². The Morgan fingerprint density at radius 2 is 1.90 bits per heavy atom. The van der Waals surface area contributed by atoms with Crippen LogP contribution in [0, 0.1) is 0 Å². The molecular formula is C15H11Cl2N3S. The Morgan fingerprint density at radius 3 is 2.57 bits per heavy atom. The van der Waals surface area contributed by atoms with E-state index >= 15 is 0 Å². The molecule has 0 saturated carbocycles. The van der Waals surface area contributed by atoms with Crippen molar-refractivity contribution in [2.24, 2.45) is 5.73 Å². The first-order chi connectivity index (χ1) is 10.2. The van der Waals surface area contributed by atoms with E-state index in [4.69, 9.17) is 28.9 Å². The first-order valence-electron chi connectivity index (χ1n) is 6.25. The number of rotatable bonds is 3. The first kappa shape index (κ1) is 14.5. The van der Waals surface area contributed by atoms with E-state index in [2.05, 4.69) is 9.97 Å². The third-order valence-corrected chi connectivity index (χ3v) is 4.59. The van der Waals surface area contributed by atoms with Crippen molar-refractivity contribution in [2.75, 3.05) is 0 Å². The molecule has 21 heavy (non-hydrogen) atoms. The molecule has 2 N–H and O–H groups in total. The van der Waals surface area contributed by atoms with Crippen LogP contribution in [0.5, 0.6) is 0 Å². The van der Waals surface area contributed by atoms with Crippen LogP contribution >= 0.6 is 34.5 Å². The summed E-state index contributed by atoms with van der Waals surface area (Å²) in [4.78, 5) is 9.89. The van der Waals surface area contributed by atoms with Gasteiger partial charge in [-0.25, -0.2) is 4.98 Å². The molecule has 3 aromatic rings. The highest BCUT2D eigenvalue weighted by molar-refractivity contribution is 7.18. The van der Waals surface area contributed by atoms with Crippen molar-refractivity contribution in [2.45, 2.75) is 6.54 Å². The van der Waals surface area contributed by atoms with Crippen LogP contribution in [0.4, 0.5) is 0 Å². The molecule has 6 heteroatoms. The maximum atomic E-state index is 6.20. The average molecular weight is 336 g/mol. The molecule has 0 fully saturated rings. The number of aromatic nitrogens is 2. The predicted molar refractivity (Wildman–Crippen MR) is 88.7 cm³/mol. The second kappa shape index (κ2) is 6.12. The quantitative estimate of drug-likeness (QED) is 0.758. The number of hydrogen-bond acceptors (Lipinski definition) is 4. The van der Waals surface area contributed by atoms with E-state index in [1.807, 2.05) is 30.3 Å². The van der Waals surface area contributed by atoms with Gasteiger partial charge in [0, 0.05) is 12.7 Å². The van der Waals surface area contributed by atoms with Gasteiger partial charge in [-0.3, -0.25) is 4.98 Å². The van der Waals surface area contributed by atoms with Crippen LogP contribution in [-0.2, 0) is 6.54 Å². The largest absolute Gasteiger partial charge is 0.325 e. The summed E-state index contributed by atoms with van der Waals surface area (Å²) in [5.74, 6) is 0. The van der Waals surface area contributed by atoms with E-state index in [0.29, 0.717) is 22.3 Å². The molecule has 1 aromatic carbocycles. The van der Waals surface area contributed by atoms with Gasteiger partial charge in [-0.2, -0.15) is 0 Å². The van der Waals surface area contributed by atoms with Crippen molar-refractivity contribution < 1.29 is 0 Å². The zero-order chi connectivity index (χ0) is 14.8. The van der Waals surface area contributed by atoms with Crippen molar-refractivity contribution in [3.05, 3.63) is 58.3 Å². The molecule has 0 amide bonds. The Labute approximate surface area is 136 Å². The van der Waals surface area contributed by atoms with Crippen LogP contribution in [-0.4, -0.2) is 9.97 Å². The van der Waals surface area contributed by atoms with Crippen molar-refractivity contribution in [3.63, 3.8) is 0 Å². The molecule has 0 saturated heterocycles. The average Bonchev–Trinajstić information content (AvgIpc) is 2.92. The van der Waals surface area contributed by atoms with Crippen molar-refractivity contribution in [1.82, 2.24) is 9.97 Å². The van der Waals surface area contributed by atoms with E-state index in [9.17, 15) is 0 Å². The minimum atomic E-state index is 0.367. The molecule has 0 radical (unpaired) electrons. The molecule has 0 aliphatic carbocycles. The van der Waals surface area contributed by atoms with Crippen LogP contribution in [0.3, 0.4) is 0 Å². The van der Waals surface area contributed by atoms with Gasteiger partial charge in [0.05, 0.1) is 20.6 Å². The van der Waals surface area contributed by atoms with Crippen molar-refractivity contribution in [3.8, 4) is 21.1 Å². The van der Waals surface area contributed by atoms with Crippen LogP contribution < -0.4 is 5.73 Å². The van der Waals surface area contributed by atoms with Gasteiger partial charge in [0.1, 0.15) is 10.7 Å². The lowest BCUT2D eigenvalue weighted by molar-refractivity contribution is 1.01. The summed E-state index contributed by atoms with van der Waals surface area (Å²) < 4.78 is 0. The number of benzene rings is 1. The Hall–Kier alpha value is -1.46. The van der Waals surface area contributed by atoms with Crippen LogP contribution in [0.25, 0.3) is 21.1 Å². The fraction of sp³-hybridized carbons (Fsp3) is 0.0667. The molecule has 0 bridgehead atoms. The van der Waals surface area contributed by atoms with Crippen LogP contribution in [0.2, 0.25) is 10.0 Å². The van der Waals surface area contributed by atoms with Gasteiger partial charge in [-0.15, -0.1) is 11.3 Å². The van der Waals surface area contributed by atoms with Crippen LogP contribution in [0.1, 0.15) is 5.69 Å². The molecule has 0 spiro atoms. The smallest absolute Gasteiger partial charge is 0.144 e. The maximum absolute atomic E-state index is 6.20. The molecule has 0 atom stereocenters.